The van der Waals surface area contributed by atoms with E-state index in [-0.39, 0.29) is 67.9 Å². The van der Waals surface area contributed by atoms with Crippen molar-refractivity contribution in [2.75, 3.05) is 0 Å². The van der Waals surface area contributed by atoms with E-state index < -0.39 is 12.8 Å². The number of hydrogen-bond donors (Lipinski definition) is 0. The Kier molecular flexibility index (Phi) is 6.70. The second kappa shape index (κ2) is 6.42. The molecule has 0 nitrogen and oxygen atoms in total. The van der Waals surface area contributed by atoms with Crippen molar-refractivity contribution in [1.82, 2.24) is 0 Å². The van der Waals surface area contributed by atoms with Crippen LogP contribution in [0.5, 0.6) is 0 Å². The quantitative estimate of drug-likeness (QED) is 0.548. The Hall–Kier alpha value is 0.671. The molecule has 7 heteroatoms. The van der Waals surface area contributed by atoms with Crippen LogP contribution < -0.4 is 51.4 Å². The molecule has 0 fully saturated rings. The first-order valence-corrected chi connectivity index (χ1v) is 4.10. The third-order valence-corrected chi connectivity index (χ3v) is 1.78. The van der Waals surface area contributed by atoms with Gasteiger partial charge in [0.2, 0.25) is 0 Å². The Balaban J connectivity index is 0.00000196. The fourth-order valence-corrected chi connectivity index (χ4v) is 1.08. The summed E-state index contributed by atoms with van der Waals surface area (Å²) in [7, 11) is 0. The van der Waals surface area contributed by atoms with Crippen LogP contribution in [0.15, 0.2) is 24.2 Å². The first-order valence-electron chi connectivity index (χ1n) is 3.73. The molecule has 0 bridgehead atoms. The van der Waals surface area contributed by atoms with Crippen LogP contribution in [0.25, 0.3) is 6.08 Å². The minimum atomic E-state index is -4.98. The summed E-state index contributed by atoms with van der Waals surface area (Å²) in [4.78, 5) is 0. The van der Waals surface area contributed by atoms with Crippen LogP contribution in [0, 0.1) is 5.82 Å². The van der Waals surface area contributed by atoms with Crippen molar-refractivity contribution in [2.45, 2.75) is 0 Å². The van der Waals surface area contributed by atoms with Gasteiger partial charge < -0.3 is 12.9 Å². The minimum Gasteiger partial charge on any atom is -0.445 e. The van der Waals surface area contributed by atoms with Crippen molar-refractivity contribution in [3.8, 4) is 0 Å². The molecule has 0 saturated heterocycles. The smallest absolute Gasteiger partial charge is 0.445 e. The van der Waals surface area contributed by atoms with Gasteiger partial charge in [0.25, 0.3) is 0 Å². The number of benzene rings is 1. The Morgan fingerprint density at radius 3 is 2.27 bits per heavy atom. The summed E-state index contributed by atoms with van der Waals surface area (Å²) in [6.07, 6.45) is 0.821. The largest absolute Gasteiger partial charge is 1.00 e. The molecule has 76 valence electrons. The molecule has 0 aliphatic heterocycles. The van der Waals surface area contributed by atoms with Crippen LogP contribution >= 0.6 is 11.6 Å². The fraction of sp³-hybridized carbons (Fsp3) is 0. The van der Waals surface area contributed by atoms with Crippen molar-refractivity contribution in [3.05, 3.63) is 40.6 Å². The third kappa shape index (κ3) is 6.09. The maximum Gasteiger partial charge on any atom is 1.00 e. The van der Waals surface area contributed by atoms with Gasteiger partial charge in [-0.1, -0.05) is 23.7 Å². The van der Waals surface area contributed by atoms with E-state index in [0.29, 0.717) is 0 Å². The molecule has 1 rings (SSSR count). The van der Waals surface area contributed by atoms with E-state index >= 15 is 0 Å². The predicted octanol–water partition coefficient (Wildman–Crippen LogP) is 0.883. The molecular formula is C8H5BClF4K. The maximum absolute atomic E-state index is 12.5. The number of rotatable bonds is 2. The molecule has 1 aromatic carbocycles. The predicted molar refractivity (Wildman–Crippen MR) is 49.5 cm³/mol. The van der Waals surface area contributed by atoms with Crippen molar-refractivity contribution in [1.29, 1.82) is 0 Å². The topological polar surface area (TPSA) is 0 Å². The first-order chi connectivity index (χ1) is 6.38. The Morgan fingerprint density at radius 2 is 1.80 bits per heavy atom. The van der Waals surface area contributed by atoms with Crippen LogP contribution in [0.1, 0.15) is 5.56 Å². The van der Waals surface area contributed by atoms with E-state index in [1.165, 1.54) is 6.07 Å². The average Bonchev–Trinajstić information content (AvgIpc) is 2.00. The first kappa shape index (κ1) is 15.7. The molecule has 1 aromatic rings. The monoisotopic (exact) mass is 262 g/mol. The van der Waals surface area contributed by atoms with Crippen molar-refractivity contribution in [3.63, 3.8) is 0 Å². The summed E-state index contributed by atoms with van der Waals surface area (Å²) >= 11 is 5.51. The Labute approximate surface area is 132 Å². The van der Waals surface area contributed by atoms with Crippen LogP contribution in [0.2, 0.25) is 5.02 Å². The summed E-state index contributed by atoms with van der Waals surface area (Å²) in [5, 5.41) is -0.0405. The second-order valence-electron chi connectivity index (χ2n) is 2.65. The summed E-state index contributed by atoms with van der Waals surface area (Å²) < 4.78 is 47.9. The van der Waals surface area contributed by atoms with E-state index in [4.69, 9.17) is 11.6 Å². The molecule has 0 amide bonds. The summed E-state index contributed by atoms with van der Waals surface area (Å²) in [5.41, 5.74) is 0.146. The minimum absolute atomic E-state index is 0. The molecule has 0 aliphatic rings. The number of halogens is 5. The average molecular weight is 262 g/mol. The van der Waals surface area contributed by atoms with Gasteiger partial charge in [0.05, 0.1) is 5.02 Å². The van der Waals surface area contributed by atoms with Crippen LogP contribution in [0.3, 0.4) is 0 Å². The van der Waals surface area contributed by atoms with E-state index in [1.807, 2.05) is 0 Å². The van der Waals surface area contributed by atoms with Gasteiger partial charge in [-0.15, -0.1) is 5.98 Å². The summed E-state index contributed by atoms with van der Waals surface area (Å²) in [5.74, 6) is -0.469. The van der Waals surface area contributed by atoms with Crippen LogP contribution in [0.4, 0.5) is 17.3 Å². The van der Waals surface area contributed by atoms with Crippen LogP contribution in [-0.4, -0.2) is 6.98 Å². The van der Waals surface area contributed by atoms with Crippen molar-refractivity contribution in [2.24, 2.45) is 0 Å². The summed E-state index contributed by atoms with van der Waals surface area (Å²) in [6.45, 7) is -4.98. The molecule has 0 spiro atoms. The molecular weight excluding hydrogens is 257 g/mol. The summed E-state index contributed by atoms with van der Waals surface area (Å²) in [6, 6.07) is 3.20. The zero-order chi connectivity index (χ0) is 10.8. The Bertz CT molecular complexity index is 364. The van der Waals surface area contributed by atoms with E-state index in [0.717, 1.165) is 18.2 Å². The van der Waals surface area contributed by atoms with Gasteiger partial charge in [-0.05, 0) is 17.7 Å². The van der Waals surface area contributed by atoms with Crippen LogP contribution in [-0.2, 0) is 0 Å². The molecule has 0 aromatic heterocycles. The number of hydrogen-bond acceptors (Lipinski definition) is 0. The molecule has 0 radical (unpaired) electrons. The molecule has 0 unspecified atom stereocenters. The molecule has 0 atom stereocenters. The van der Waals surface area contributed by atoms with Gasteiger partial charge in [0.1, 0.15) is 5.82 Å². The fourth-order valence-electron chi connectivity index (χ4n) is 0.849. The van der Waals surface area contributed by atoms with Gasteiger partial charge in [0.15, 0.2) is 0 Å². The van der Waals surface area contributed by atoms with E-state index in [1.54, 1.807) is 0 Å². The van der Waals surface area contributed by atoms with Gasteiger partial charge in [0, 0.05) is 0 Å². The van der Waals surface area contributed by atoms with Gasteiger partial charge in [-0.3, -0.25) is 0 Å². The maximum atomic E-state index is 12.5. The zero-order valence-electron chi connectivity index (χ0n) is 7.85. The molecule has 0 aliphatic carbocycles. The van der Waals surface area contributed by atoms with Gasteiger partial charge >= 0.3 is 58.4 Å². The molecule has 0 heterocycles. The molecule has 0 saturated carbocycles. The third-order valence-electron chi connectivity index (χ3n) is 1.46. The SMILES string of the molecule is Fc1ccc(/C=C/[B-](F)(F)F)c(Cl)c1.[K+]. The Morgan fingerprint density at radius 1 is 1.20 bits per heavy atom. The van der Waals surface area contributed by atoms with Gasteiger partial charge in [-0.2, -0.15) is 0 Å². The normalized spacial score (nSPS) is 11.5. The molecule has 15 heavy (non-hydrogen) atoms. The molecule has 0 N–H and O–H groups in total. The van der Waals surface area contributed by atoms with E-state index in [2.05, 4.69) is 0 Å². The second-order valence-corrected chi connectivity index (χ2v) is 3.06. The zero-order valence-corrected chi connectivity index (χ0v) is 11.7. The van der Waals surface area contributed by atoms with Crippen molar-refractivity contribution >= 4 is 24.7 Å². The standard InChI is InChI=1S/C8H5BClF4.K/c10-8-5-7(11)2-1-6(8)3-4-9(12,13)14;/h1-5H;/q-1;+1/b4-3+;. The van der Waals surface area contributed by atoms with Crippen molar-refractivity contribution < 1.29 is 68.7 Å². The van der Waals surface area contributed by atoms with Gasteiger partial charge in [-0.25, -0.2) is 4.39 Å². The van der Waals surface area contributed by atoms with E-state index in [9.17, 15) is 17.3 Å².